The van der Waals surface area contributed by atoms with E-state index >= 15 is 0 Å². The number of ether oxygens (including phenoxy) is 1. The lowest BCUT2D eigenvalue weighted by Crippen LogP contribution is -2.26. The molecule has 8 nitrogen and oxygen atoms in total. The normalized spacial score (nSPS) is 12.1. The van der Waals surface area contributed by atoms with Crippen LogP contribution in [0.4, 0.5) is 0 Å². The van der Waals surface area contributed by atoms with E-state index in [9.17, 15) is 9.90 Å². The largest absolute Gasteiger partial charge is 0.493 e. The number of rotatable bonds is 7. The van der Waals surface area contributed by atoms with Gasteiger partial charge in [0.15, 0.2) is 0 Å². The molecule has 0 radical (unpaired) electrons. The lowest BCUT2D eigenvalue weighted by molar-refractivity contribution is 0.0785. The van der Waals surface area contributed by atoms with Crippen LogP contribution in [-0.4, -0.2) is 49.7 Å². The minimum Gasteiger partial charge on any atom is -0.493 e. The molecule has 1 amide bonds. The Kier molecular flexibility index (Phi) is 5.97. The third kappa shape index (κ3) is 4.14. The second-order valence-corrected chi connectivity index (χ2v) is 8.04. The van der Waals surface area contributed by atoms with Crippen molar-refractivity contribution in [2.24, 2.45) is 0 Å². The van der Waals surface area contributed by atoms with Gasteiger partial charge < -0.3 is 14.7 Å². The first-order valence-corrected chi connectivity index (χ1v) is 10.8. The van der Waals surface area contributed by atoms with Crippen molar-refractivity contribution in [1.29, 1.82) is 0 Å². The first-order valence-electron chi connectivity index (χ1n) is 9.90. The molecule has 3 heterocycles. The number of thiazole rings is 1. The van der Waals surface area contributed by atoms with E-state index in [-0.39, 0.29) is 5.91 Å². The molecule has 0 fully saturated rings. The van der Waals surface area contributed by atoms with Crippen LogP contribution in [0, 0.1) is 0 Å². The Morgan fingerprint density at radius 3 is 2.87 bits per heavy atom. The summed E-state index contributed by atoms with van der Waals surface area (Å²) in [5.74, 6) is 0.495. The number of pyridine rings is 1. The van der Waals surface area contributed by atoms with E-state index in [1.54, 1.807) is 49.6 Å². The molecule has 2 N–H and O–H groups in total. The zero-order chi connectivity index (χ0) is 22.0. The first-order chi connectivity index (χ1) is 15.0. The van der Waals surface area contributed by atoms with Crippen LogP contribution in [0.25, 0.3) is 21.5 Å². The van der Waals surface area contributed by atoms with Crippen molar-refractivity contribution in [3.05, 3.63) is 59.0 Å². The second kappa shape index (κ2) is 8.83. The molecule has 0 aliphatic rings. The van der Waals surface area contributed by atoms with Gasteiger partial charge in [0, 0.05) is 47.9 Å². The van der Waals surface area contributed by atoms with Crippen LogP contribution in [0.1, 0.15) is 41.6 Å². The van der Waals surface area contributed by atoms with Crippen LogP contribution in [0.5, 0.6) is 5.75 Å². The highest BCUT2D eigenvalue weighted by Gasteiger charge is 2.19. The van der Waals surface area contributed by atoms with Crippen molar-refractivity contribution in [1.82, 2.24) is 25.1 Å². The number of hydrogen-bond acceptors (Lipinski definition) is 7. The molecule has 0 saturated carbocycles. The van der Waals surface area contributed by atoms with Crippen LogP contribution < -0.4 is 4.74 Å². The molecule has 0 spiro atoms. The van der Waals surface area contributed by atoms with Crippen LogP contribution in [0.2, 0.25) is 0 Å². The third-order valence-electron chi connectivity index (χ3n) is 4.94. The van der Waals surface area contributed by atoms with Gasteiger partial charge in [0.1, 0.15) is 10.8 Å². The smallest absolute Gasteiger partial charge is 0.254 e. The molecule has 4 rings (SSSR count). The summed E-state index contributed by atoms with van der Waals surface area (Å²) in [6, 6.07) is 5.43. The molecule has 1 atom stereocenters. The molecule has 31 heavy (non-hydrogen) atoms. The highest BCUT2D eigenvalue weighted by Crippen LogP contribution is 2.33. The number of aromatic nitrogens is 4. The van der Waals surface area contributed by atoms with Crippen molar-refractivity contribution in [3.63, 3.8) is 0 Å². The lowest BCUT2D eigenvalue weighted by Gasteiger charge is -2.19. The number of fused-ring (bicyclic) bond motifs is 1. The molecule has 3 aromatic heterocycles. The van der Waals surface area contributed by atoms with Gasteiger partial charge in [0.2, 0.25) is 0 Å². The van der Waals surface area contributed by atoms with Gasteiger partial charge in [-0.25, -0.2) is 4.98 Å². The maximum atomic E-state index is 13.1. The highest BCUT2D eigenvalue weighted by atomic mass is 32.1. The van der Waals surface area contributed by atoms with Crippen molar-refractivity contribution in [2.75, 3.05) is 13.7 Å². The predicted octanol–water partition coefficient (Wildman–Crippen LogP) is 3.81. The van der Waals surface area contributed by atoms with Gasteiger partial charge >= 0.3 is 0 Å². The molecule has 1 aromatic carbocycles. The fourth-order valence-corrected chi connectivity index (χ4v) is 4.14. The number of nitrogens with zero attached hydrogens (tertiary/aromatic N) is 4. The van der Waals surface area contributed by atoms with Gasteiger partial charge in [-0.05, 0) is 32.0 Å². The highest BCUT2D eigenvalue weighted by molar-refractivity contribution is 7.13. The predicted molar refractivity (Wildman–Crippen MR) is 119 cm³/mol. The van der Waals surface area contributed by atoms with Crippen LogP contribution in [-0.2, 0) is 6.54 Å². The van der Waals surface area contributed by atoms with Gasteiger partial charge in [0.05, 0.1) is 35.7 Å². The van der Waals surface area contributed by atoms with Crippen LogP contribution in [0.3, 0.4) is 0 Å². The fourth-order valence-electron chi connectivity index (χ4n) is 3.47. The monoisotopic (exact) mass is 437 g/mol. The fraction of sp³-hybridized carbons (Fsp3) is 0.273. The van der Waals surface area contributed by atoms with E-state index in [0.717, 1.165) is 27.0 Å². The zero-order valence-corrected chi connectivity index (χ0v) is 18.3. The van der Waals surface area contributed by atoms with E-state index in [0.29, 0.717) is 30.2 Å². The number of H-pyrrole nitrogens is 1. The van der Waals surface area contributed by atoms with Gasteiger partial charge in [0.25, 0.3) is 5.91 Å². The molecule has 1 unspecified atom stereocenters. The average molecular weight is 438 g/mol. The zero-order valence-electron chi connectivity index (χ0n) is 17.5. The van der Waals surface area contributed by atoms with Crippen molar-refractivity contribution < 1.29 is 14.6 Å². The topological polar surface area (TPSA) is 104 Å². The van der Waals surface area contributed by atoms with E-state index in [1.165, 1.54) is 11.3 Å². The number of aliphatic hydroxyl groups excluding tert-OH is 1. The van der Waals surface area contributed by atoms with Crippen molar-refractivity contribution >= 4 is 28.1 Å². The summed E-state index contributed by atoms with van der Waals surface area (Å²) in [4.78, 5) is 23.5. The molecule has 0 aliphatic heterocycles. The third-order valence-corrected chi connectivity index (χ3v) is 5.74. The number of hydrogen-bond donors (Lipinski definition) is 2. The summed E-state index contributed by atoms with van der Waals surface area (Å²) < 4.78 is 5.78. The molecule has 0 aliphatic carbocycles. The molecular formula is C22H23N5O3S. The van der Waals surface area contributed by atoms with Gasteiger partial charge in [-0.15, -0.1) is 11.3 Å². The number of benzene rings is 1. The Hall–Kier alpha value is -3.30. The molecule has 0 saturated heterocycles. The number of carbonyl (C=O) groups excluding carboxylic acids is 1. The Morgan fingerprint density at radius 2 is 2.16 bits per heavy atom. The van der Waals surface area contributed by atoms with Crippen molar-refractivity contribution in [3.8, 4) is 16.3 Å². The van der Waals surface area contributed by atoms with E-state index in [2.05, 4.69) is 20.2 Å². The summed E-state index contributed by atoms with van der Waals surface area (Å²) in [6.07, 6.45) is 4.35. The van der Waals surface area contributed by atoms with Crippen molar-refractivity contribution in [2.45, 2.75) is 26.5 Å². The minimum atomic E-state index is -0.707. The van der Waals surface area contributed by atoms with E-state index < -0.39 is 6.10 Å². The Balaban J connectivity index is 1.60. The number of carbonyl (C=O) groups is 1. The summed E-state index contributed by atoms with van der Waals surface area (Å²) in [6.45, 7) is 4.40. The maximum absolute atomic E-state index is 13.1. The SMILES string of the molecule is CCOc1cc(C(=O)N(C)Cc2cnc(C(C)O)c3cn[nH]c23)ccc1-c1nccs1. The van der Waals surface area contributed by atoms with E-state index in [1.807, 2.05) is 18.4 Å². The molecule has 9 heteroatoms. The minimum absolute atomic E-state index is 0.140. The van der Waals surface area contributed by atoms with Crippen LogP contribution >= 0.6 is 11.3 Å². The molecule has 160 valence electrons. The number of nitrogens with one attached hydrogen (secondary N) is 1. The summed E-state index contributed by atoms with van der Waals surface area (Å²) in [5, 5.41) is 20.5. The standard InChI is InChI=1S/C22H23N5O3S/c1-4-30-18-9-14(5-6-16(18)21-23-7-8-31-21)22(29)27(3)12-15-10-24-19(13(2)28)17-11-25-26-20(15)17/h5-11,13,28H,4,12H2,1-3H3,(H,25,26). The second-order valence-electron chi connectivity index (χ2n) is 7.15. The number of aromatic amines is 1. The first kappa shape index (κ1) is 21.0. The summed E-state index contributed by atoms with van der Waals surface area (Å²) in [5.41, 5.74) is 3.53. The average Bonchev–Trinajstić information content (AvgIpc) is 3.46. The van der Waals surface area contributed by atoms with Gasteiger partial charge in [-0.1, -0.05) is 0 Å². The Labute approximate surface area is 183 Å². The van der Waals surface area contributed by atoms with Gasteiger partial charge in [-0.3, -0.25) is 14.9 Å². The quantitative estimate of drug-likeness (QED) is 0.456. The lowest BCUT2D eigenvalue weighted by atomic mass is 10.1. The Bertz CT molecular complexity index is 1200. The van der Waals surface area contributed by atoms with Crippen LogP contribution in [0.15, 0.2) is 42.2 Å². The number of aliphatic hydroxyl groups is 1. The summed E-state index contributed by atoms with van der Waals surface area (Å²) >= 11 is 1.52. The van der Waals surface area contributed by atoms with Gasteiger partial charge in [-0.2, -0.15) is 5.10 Å². The molecule has 4 aromatic rings. The maximum Gasteiger partial charge on any atom is 0.254 e. The summed E-state index contributed by atoms with van der Waals surface area (Å²) in [7, 11) is 1.74. The van der Waals surface area contributed by atoms with E-state index in [4.69, 9.17) is 4.74 Å². The number of amides is 1. The Morgan fingerprint density at radius 1 is 1.32 bits per heavy atom. The molecule has 0 bridgehead atoms. The molecular weight excluding hydrogens is 414 g/mol.